The van der Waals surface area contributed by atoms with Gasteiger partial charge in [0.15, 0.2) is 23.1 Å². The van der Waals surface area contributed by atoms with E-state index in [1.54, 1.807) is 0 Å². The van der Waals surface area contributed by atoms with Crippen molar-refractivity contribution in [1.82, 2.24) is 0 Å². The quantitative estimate of drug-likeness (QED) is 0.696. The number of hydrogen-bond acceptors (Lipinski definition) is 5. The van der Waals surface area contributed by atoms with Crippen LogP contribution in [0.2, 0.25) is 5.02 Å². The van der Waals surface area contributed by atoms with Crippen molar-refractivity contribution < 1.29 is 23.9 Å². The number of hydrogen-bond donors (Lipinski definition) is 1. The molecule has 5 nitrogen and oxygen atoms in total. The minimum atomic E-state index is -0.577. The van der Waals surface area contributed by atoms with Crippen LogP contribution in [-0.4, -0.2) is 22.5 Å². The number of ketones is 3. The number of furan rings is 1. The molecular weight excluding hydrogens is 284 g/mol. The van der Waals surface area contributed by atoms with E-state index >= 15 is 0 Å². The molecule has 0 unspecified atom stereocenters. The lowest BCUT2D eigenvalue weighted by atomic mass is 9.88. The largest absolute Gasteiger partial charge is 0.508 e. The van der Waals surface area contributed by atoms with Crippen LogP contribution in [0.25, 0.3) is 0 Å². The van der Waals surface area contributed by atoms with E-state index in [9.17, 15) is 19.5 Å². The Morgan fingerprint density at radius 1 is 1.15 bits per heavy atom. The maximum Gasteiger partial charge on any atom is 0.231 e. The number of benzene rings is 1. The van der Waals surface area contributed by atoms with Gasteiger partial charge in [0.2, 0.25) is 5.78 Å². The summed E-state index contributed by atoms with van der Waals surface area (Å²) in [6.07, 6.45) is 0. The zero-order valence-electron chi connectivity index (χ0n) is 10.2. The minimum Gasteiger partial charge on any atom is -0.508 e. The topological polar surface area (TPSA) is 84.6 Å². The molecular formula is C14H7ClO5. The van der Waals surface area contributed by atoms with Crippen LogP contribution in [0.3, 0.4) is 0 Å². The summed E-state index contributed by atoms with van der Waals surface area (Å²) in [6, 6.07) is 3.58. The van der Waals surface area contributed by atoms with Crippen LogP contribution in [0, 0.1) is 0 Å². The van der Waals surface area contributed by atoms with Crippen molar-refractivity contribution in [2.75, 3.05) is 0 Å². The van der Waals surface area contributed by atoms with Crippen molar-refractivity contribution in [2.45, 2.75) is 6.92 Å². The first-order valence-electron chi connectivity index (χ1n) is 5.67. The fraction of sp³-hybridized carbons (Fsp3) is 0.0714. The van der Waals surface area contributed by atoms with Gasteiger partial charge in [0.25, 0.3) is 0 Å². The van der Waals surface area contributed by atoms with Gasteiger partial charge in [0.05, 0.1) is 16.1 Å². The lowest BCUT2D eigenvalue weighted by Crippen LogP contribution is -2.19. The van der Waals surface area contributed by atoms with Crippen LogP contribution in [0.5, 0.6) is 5.75 Å². The van der Waals surface area contributed by atoms with E-state index in [1.807, 2.05) is 0 Å². The van der Waals surface area contributed by atoms with Crippen molar-refractivity contribution in [3.63, 3.8) is 0 Å². The van der Waals surface area contributed by atoms with E-state index < -0.39 is 17.3 Å². The molecule has 0 fully saturated rings. The Bertz CT molecular complexity index is 800. The summed E-state index contributed by atoms with van der Waals surface area (Å²) in [5, 5.41) is 9.45. The highest BCUT2D eigenvalue weighted by Gasteiger charge is 2.36. The molecule has 0 saturated carbocycles. The summed E-state index contributed by atoms with van der Waals surface area (Å²) >= 11 is 5.90. The van der Waals surface area contributed by atoms with E-state index in [0.29, 0.717) is 0 Å². The second kappa shape index (κ2) is 4.05. The van der Waals surface area contributed by atoms with Crippen LogP contribution >= 0.6 is 11.6 Å². The summed E-state index contributed by atoms with van der Waals surface area (Å²) in [6.45, 7) is 1.27. The first-order chi connectivity index (χ1) is 9.40. The van der Waals surface area contributed by atoms with Gasteiger partial charge in [-0.3, -0.25) is 14.4 Å². The predicted octanol–water partition coefficient (Wildman–Crippen LogP) is 2.62. The number of carbonyl (C=O) groups excluding carboxylic acids is 3. The molecule has 1 aliphatic carbocycles. The molecule has 0 saturated heterocycles. The Balaban J connectivity index is 2.31. The highest BCUT2D eigenvalue weighted by molar-refractivity contribution is 6.39. The first kappa shape index (κ1) is 12.6. The average molecular weight is 291 g/mol. The zero-order valence-corrected chi connectivity index (χ0v) is 10.9. The molecule has 1 aromatic heterocycles. The Morgan fingerprint density at radius 2 is 1.85 bits per heavy atom. The Morgan fingerprint density at radius 3 is 2.50 bits per heavy atom. The summed E-state index contributed by atoms with van der Waals surface area (Å²) < 4.78 is 5.15. The summed E-state index contributed by atoms with van der Waals surface area (Å²) in [7, 11) is 0. The number of rotatable bonds is 1. The smallest absolute Gasteiger partial charge is 0.231 e. The molecule has 0 bridgehead atoms. The van der Waals surface area contributed by atoms with Gasteiger partial charge in [-0.15, -0.1) is 0 Å². The fourth-order valence-electron chi connectivity index (χ4n) is 2.16. The van der Waals surface area contributed by atoms with Crippen molar-refractivity contribution in [3.8, 4) is 5.75 Å². The van der Waals surface area contributed by atoms with Gasteiger partial charge in [-0.1, -0.05) is 11.6 Å². The number of carbonyl (C=O) groups is 3. The number of phenolic OH excluding ortho intramolecular Hbond substituents is 1. The van der Waals surface area contributed by atoms with E-state index in [0.717, 1.165) is 0 Å². The normalized spacial score (nSPS) is 13.1. The Labute approximate surface area is 117 Å². The highest BCUT2D eigenvalue weighted by Crippen LogP contribution is 2.35. The van der Waals surface area contributed by atoms with Crippen LogP contribution in [-0.2, 0) is 0 Å². The maximum atomic E-state index is 12.3. The molecule has 0 atom stereocenters. The van der Waals surface area contributed by atoms with Crippen LogP contribution in [0.15, 0.2) is 22.6 Å². The molecule has 2 aromatic rings. The van der Waals surface area contributed by atoms with Crippen molar-refractivity contribution >= 4 is 29.0 Å². The molecule has 1 aromatic carbocycles. The Kier molecular flexibility index (Phi) is 2.55. The van der Waals surface area contributed by atoms with Gasteiger partial charge in [0.1, 0.15) is 5.75 Å². The second-order valence-electron chi connectivity index (χ2n) is 4.42. The molecule has 0 aliphatic heterocycles. The predicted molar refractivity (Wildman–Crippen MR) is 68.7 cm³/mol. The molecule has 20 heavy (non-hydrogen) atoms. The third kappa shape index (κ3) is 1.60. The molecule has 3 rings (SSSR count). The van der Waals surface area contributed by atoms with Gasteiger partial charge in [-0.25, -0.2) is 0 Å². The standard InChI is InChI=1S/C14H7ClO5/c1-5(16)10-4-8-12(18)7-2-6(17)3-9(15)11(7)13(19)14(8)20-10/h2-4,17H,1H3. The number of phenols is 1. The molecule has 6 heteroatoms. The van der Waals surface area contributed by atoms with Gasteiger partial charge < -0.3 is 9.52 Å². The molecule has 1 N–H and O–H groups in total. The first-order valence-corrected chi connectivity index (χ1v) is 6.04. The Hall–Kier alpha value is -2.40. The van der Waals surface area contributed by atoms with E-state index in [4.69, 9.17) is 16.0 Å². The number of aromatic hydroxyl groups is 1. The molecule has 100 valence electrons. The van der Waals surface area contributed by atoms with E-state index in [1.165, 1.54) is 25.1 Å². The molecule has 1 aliphatic rings. The fourth-order valence-corrected chi connectivity index (χ4v) is 2.46. The lowest BCUT2D eigenvalue weighted by molar-refractivity contribution is 0.0947. The minimum absolute atomic E-state index is 0.00315. The summed E-state index contributed by atoms with van der Waals surface area (Å²) in [5.74, 6) is -1.95. The lowest BCUT2D eigenvalue weighted by Gasteiger charge is -2.14. The van der Waals surface area contributed by atoms with Crippen molar-refractivity contribution in [2.24, 2.45) is 0 Å². The van der Waals surface area contributed by atoms with Gasteiger partial charge >= 0.3 is 0 Å². The molecule has 1 heterocycles. The van der Waals surface area contributed by atoms with Crippen LogP contribution < -0.4 is 0 Å². The van der Waals surface area contributed by atoms with Crippen molar-refractivity contribution in [3.05, 3.63) is 51.4 Å². The maximum absolute atomic E-state index is 12.3. The van der Waals surface area contributed by atoms with Gasteiger partial charge in [-0.2, -0.15) is 0 Å². The van der Waals surface area contributed by atoms with Crippen molar-refractivity contribution in [1.29, 1.82) is 0 Å². The van der Waals surface area contributed by atoms with E-state index in [2.05, 4.69) is 0 Å². The third-order valence-electron chi connectivity index (χ3n) is 3.08. The third-order valence-corrected chi connectivity index (χ3v) is 3.37. The SMILES string of the molecule is CC(=O)c1cc2c(o1)C(=O)c1c(Cl)cc(O)cc1C2=O. The monoisotopic (exact) mass is 290 g/mol. The molecule has 0 radical (unpaired) electrons. The van der Waals surface area contributed by atoms with Crippen LogP contribution in [0.4, 0.5) is 0 Å². The molecule has 0 amide bonds. The number of fused-ring (bicyclic) bond motifs is 2. The van der Waals surface area contributed by atoms with Gasteiger partial charge in [0, 0.05) is 12.5 Å². The van der Waals surface area contributed by atoms with Gasteiger partial charge in [-0.05, 0) is 18.2 Å². The number of halogens is 1. The number of Topliss-reactive ketones (excluding diaryl/α,β-unsaturated/α-hetero) is 1. The van der Waals surface area contributed by atoms with Crippen LogP contribution in [0.1, 0.15) is 49.5 Å². The molecule has 0 spiro atoms. The summed E-state index contributed by atoms with van der Waals surface area (Å²) in [4.78, 5) is 35.9. The second-order valence-corrected chi connectivity index (χ2v) is 4.83. The highest BCUT2D eigenvalue weighted by atomic mass is 35.5. The average Bonchev–Trinajstić information content (AvgIpc) is 2.80. The van der Waals surface area contributed by atoms with E-state index in [-0.39, 0.29) is 39.0 Å². The zero-order chi connectivity index (χ0) is 14.6. The summed E-state index contributed by atoms with van der Waals surface area (Å²) in [5.41, 5.74) is -0.0100.